The maximum absolute atomic E-state index is 12.7. The SMILES string of the molecule is CCCCNC(=O)C1CN(C(=S)NCC)CC1c1ccc(OC)cc1. The van der Waals surface area contributed by atoms with Gasteiger partial charge in [-0.25, -0.2) is 0 Å². The first-order valence-corrected chi connectivity index (χ1v) is 9.45. The lowest BCUT2D eigenvalue weighted by Crippen LogP contribution is -2.39. The molecule has 1 aliphatic heterocycles. The molecule has 1 heterocycles. The van der Waals surface area contributed by atoms with E-state index in [0.717, 1.165) is 48.9 Å². The number of carbonyl (C=O) groups excluding carboxylic acids is 1. The fourth-order valence-electron chi connectivity index (χ4n) is 3.21. The number of thiocarbonyl (C=S) groups is 1. The van der Waals surface area contributed by atoms with E-state index in [1.165, 1.54) is 0 Å². The van der Waals surface area contributed by atoms with E-state index in [0.29, 0.717) is 6.54 Å². The van der Waals surface area contributed by atoms with E-state index >= 15 is 0 Å². The first-order valence-electron chi connectivity index (χ1n) is 9.05. The third kappa shape index (κ3) is 5.08. The standard InChI is InChI=1S/C19H29N3O2S/c1-4-6-11-21-18(23)17-13-22(19(25)20-5-2)12-16(17)14-7-9-15(24-3)10-8-14/h7-10,16-17H,4-6,11-13H2,1-3H3,(H,20,25)(H,21,23). The van der Waals surface area contributed by atoms with Crippen LogP contribution >= 0.6 is 12.2 Å². The Bertz CT molecular complexity index is 577. The van der Waals surface area contributed by atoms with Crippen molar-refractivity contribution in [2.45, 2.75) is 32.6 Å². The molecule has 25 heavy (non-hydrogen) atoms. The van der Waals surface area contributed by atoms with Crippen molar-refractivity contribution in [1.82, 2.24) is 15.5 Å². The lowest BCUT2D eigenvalue weighted by atomic mass is 9.88. The quantitative estimate of drug-likeness (QED) is 0.576. The monoisotopic (exact) mass is 363 g/mol. The van der Waals surface area contributed by atoms with E-state index in [2.05, 4.69) is 34.6 Å². The fraction of sp³-hybridized carbons (Fsp3) is 0.579. The number of likely N-dealkylation sites (tertiary alicyclic amines) is 1. The second-order valence-electron chi connectivity index (χ2n) is 6.37. The molecule has 5 nitrogen and oxygen atoms in total. The number of ether oxygens (including phenoxy) is 1. The molecule has 1 fully saturated rings. The van der Waals surface area contributed by atoms with Gasteiger partial charge in [0.05, 0.1) is 13.0 Å². The Labute approximate surface area is 156 Å². The van der Waals surface area contributed by atoms with Crippen molar-refractivity contribution >= 4 is 23.2 Å². The largest absolute Gasteiger partial charge is 0.497 e. The lowest BCUT2D eigenvalue weighted by Gasteiger charge is -2.19. The summed E-state index contributed by atoms with van der Waals surface area (Å²) in [5.74, 6) is 0.979. The predicted molar refractivity (Wildman–Crippen MR) is 105 cm³/mol. The molecule has 0 saturated carbocycles. The van der Waals surface area contributed by atoms with Crippen molar-refractivity contribution in [2.75, 3.05) is 33.3 Å². The molecule has 0 radical (unpaired) electrons. The Kier molecular flexibility index (Phi) is 7.50. The number of hydrogen-bond acceptors (Lipinski definition) is 3. The lowest BCUT2D eigenvalue weighted by molar-refractivity contribution is -0.124. The molecule has 138 valence electrons. The first-order chi connectivity index (χ1) is 12.1. The van der Waals surface area contributed by atoms with Crippen LogP contribution in [0.3, 0.4) is 0 Å². The molecule has 0 spiro atoms. The van der Waals surface area contributed by atoms with E-state index in [1.54, 1.807) is 7.11 Å². The van der Waals surface area contributed by atoms with Gasteiger partial charge in [-0.3, -0.25) is 4.79 Å². The number of hydrogen-bond donors (Lipinski definition) is 2. The summed E-state index contributed by atoms with van der Waals surface area (Å²) in [4.78, 5) is 14.8. The average molecular weight is 364 g/mol. The van der Waals surface area contributed by atoms with E-state index in [1.807, 2.05) is 19.1 Å². The predicted octanol–water partition coefficient (Wildman–Crippen LogP) is 2.52. The Morgan fingerprint density at radius 3 is 2.56 bits per heavy atom. The molecule has 2 N–H and O–H groups in total. The zero-order chi connectivity index (χ0) is 18.2. The summed E-state index contributed by atoms with van der Waals surface area (Å²) >= 11 is 5.46. The van der Waals surface area contributed by atoms with Gasteiger partial charge < -0.3 is 20.3 Å². The van der Waals surface area contributed by atoms with Crippen LogP contribution < -0.4 is 15.4 Å². The molecule has 0 bridgehead atoms. The van der Waals surface area contributed by atoms with Crippen molar-refractivity contribution < 1.29 is 9.53 Å². The van der Waals surface area contributed by atoms with Gasteiger partial charge in [0.25, 0.3) is 0 Å². The van der Waals surface area contributed by atoms with E-state index in [-0.39, 0.29) is 17.7 Å². The van der Waals surface area contributed by atoms with Crippen molar-refractivity contribution in [1.29, 1.82) is 0 Å². The summed E-state index contributed by atoms with van der Waals surface area (Å²) in [6, 6.07) is 8.00. The highest BCUT2D eigenvalue weighted by atomic mass is 32.1. The maximum Gasteiger partial charge on any atom is 0.225 e. The van der Waals surface area contributed by atoms with Gasteiger partial charge in [-0.1, -0.05) is 25.5 Å². The number of nitrogens with zero attached hydrogens (tertiary/aromatic N) is 1. The van der Waals surface area contributed by atoms with Crippen LogP contribution in [0, 0.1) is 5.92 Å². The summed E-state index contributed by atoms with van der Waals surface area (Å²) < 4.78 is 5.24. The summed E-state index contributed by atoms with van der Waals surface area (Å²) in [7, 11) is 1.66. The molecule has 0 aliphatic carbocycles. The zero-order valence-electron chi connectivity index (χ0n) is 15.4. The topological polar surface area (TPSA) is 53.6 Å². The third-order valence-corrected chi connectivity index (χ3v) is 5.05. The molecule has 2 unspecified atom stereocenters. The molecule has 0 aromatic heterocycles. The summed E-state index contributed by atoms with van der Waals surface area (Å²) in [6.45, 7) is 7.08. The molecular formula is C19H29N3O2S. The Hall–Kier alpha value is -1.82. The van der Waals surface area contributed by atoms with Gasteiger partial charge in [0.2, 0.25) is 5.91 Å². The van der Waals surface area contributed by atoms with E-state index in [4.69, 9.17) is 17.0 Å². The molecule has 6 heteroatoms. The van der Waals surface area contributed by atoms with E-state index < -0.39 is 0 Å². The van der Waals surface area contributed by atoms with E-state index in [9.17, 15) is 4.79 Å². The van der Waals surface area contributed by atoms with Gasteiger partial charge in [0.1, 0.15) is 5.75 Å². The highest BCUT2D eigenvalue weighted by Crippen LogP contribution is 2.33. The number of amides is 1. The van der Waals surface area contributed by atoms with Crippen molar-refractivity contribution in [3.8, 4) is 5.75 Å². The minimum Gasteiger partial charge on any atom is -0.497 e. The van der Waals surface area contributed by atoms with Crippen LogP contribution in [-0.4, -0.2) is 49.2 Å². The molecule has 1 aromatic rings. The summed E-state index contributed by atoms with van der Waals surface area (Å²) in [5, 5.41) is 7.01. The molecule has 1 aliphatic rings. The van der Waals surface area contributed by atoms with Crippen LogP contribution in [0.2, 0.25) is 0 Å². The molecule has 1 aromatic carbocycles. The third-order valence-electron chi connectivity index (χ3n) is 4.65. The highest BCUT2D eigenvalue weighted by Gasteiger charge is 2.39. The Morgan fingerprint density at radius 1 is 1.24 bits per heavy atom. The number of benzene rings is 1. The van der Waals surface area contributed by atoms with Gasteiger partial charge in [-0.2, -0.15) is 0 Å². The van der Waals surface area contributed by atoms with Crippen molar-refractivity contribution in [3.63, 3.8) is 0 Å². The molecule has 2 rings (SSSR count). The number of nitrogens with one attached hydrogen (secondary N) is 2. The number of carbonyl (C=O) groups is 1. The summed E-state index contributed by atoms with van der Waals surface area (Å²) in [6.07, 6.45) is 2.08. The van der Waals surface area contributed by atoms with Crippen LogP contribution in [0.5, 0.6) is 5.75 Å². The summed E-state index contributed by atoms with van der Waals surface area (Å²) in [5.41, 5.74) is 1.15. The zero-order valence-corrected chi connectivity index (χ0v) is 16.2. The van der Waals surface area contributed by atoms with Gasteiger partial charge in [-0.15, -0.1) is 0 Å². The highest BCUT2D eigenvalue weighted by molar-refractivity contribution is 7.80. The molecular weight excluding hydrogens is 334 g/mol. The van der Waals surface area contributed by atoms with Crippen molar-refractivity contribution in [2.24, 2.45) is 5.92 Å². The fourth-order valence-corrected chi connectivity index (χ4v) is 3.50. The second kappa shape index (κ2) is 9.61. The molecule has 1 amide bonds. The second-order valence-corrected chi connectivity index (χ2v) is 6.76. The smallest absolute Gasteiger partial charge is 0.225 e. The maximum atomic E-state index is 12.7. The van der Waals surface area contributed by atoms with Crippen LogP contribution in [0.25, 0.3) is 0 Å². The number of unbranched alkanes of at least 4 members (excludes halogenated alkanes) is 1. The van der Waals surface area contributed by atoms with Crippen molar-refractivity contribution in [3.05, 3.63) is 29.8 Å². The first kappa shape index (κ1) is 19.5. The van der Waals surface area contributed by atoms with Crippen LogP contribution in [-0.2, 0) is 4.79 Å². The van der Waals surface area contributed by atoms with Gasteiger partial charge in [0.15, 0.2) is 5.11 Å². The average Bonchev–Trinajstić information content (AvgIpc) is 3.08. The number of rotatable bonds is 7. The minimum atomic E-state index is -0.0955. The molecule has 2 atom stereocenters. The van der Waals surface area contributed by atoms with Gasteiger partial charge in [0, 0.05) is 32.1 Å². The molecule has 1 saturated heterocycles. The normalized spacial score (nSPS) is 19.6. The van der Waals surface area contributed by atoms with Gasteiger partial charge >= 0.3 is 0 Å². The minimum absolute atomic E-state index is 0.0955. The Balaban J connectivity index is 2.15. The van der Waals surface area contributed by atoms with Crippen LogP contribution in [0.4, 0.5) is 0 Å². The van der Waals surface area contributed by atoms with Gasteiger partial charge in [-0.05, 0) is 43.3 Å². The Morgan fingerprint density at radius 2 is 1.96 bits per heavy atom. The van der Waals surface area contributed by atoms with Crippen LogP contribution in [0.15, 0.2) is 24.3 Å². The van der Waals surface area contributed by atoms with Crippen LogP contribution in [0.1, 0.15) is 38.2 Å². The number of methoxy groups -OCH3 is 1.